The number of thiophene rings is 1. The van der Waals surface area contributed by atoms with E-state index >= 15 is 0 Å². The lowest BCUT2D eigenvalue weighted by molar-refractivity contribution is 0.00200. The van der Waals surface area contributed by atoms with E-state index in [1.165, 1.54) is 24.1 Å². The van der Waals surface area contributed by atoms with Gasteiger partial charge in [0.25, 0.3) is 5.56 Å². The van der Waals surface area contributed by atoms with Gasteiger partial charge in [-0.3, -0.25) is 9.36 Å². The van der Waals surface area contributed by atoms with E-state index < -0.39 is 0 Å². The molecule has 0 spiro atoms. The van der Waals surface area contributed by atoms with Crippen LogP contribution in [0.5, 0.6) is 0 Å². The number of unbranched alkanes of at least 4 members (excludes halogenated alkanes) is 3. The highest BCUT2D eigenvalue weighted by atomic mass is 32.2. The first-order valence-corrected chi connectivity index (χ1v) is 11.8. The van der Waals surface area contributed by atoms with Crippen molar-refractivity contribution in [2.24, 2.45) is 5.92 Å². The summed E-state index contributed by atoms with van der Waals surface area (Å²) in [5, 5.41) is 1.63. The lowest BCUT2D eigenvalue weighted by Crippen LogP contribution is -2.28. The Bertz CT molecular complexity index is 854. The number of hydrogen-bond acceptors (Lipinski definition) is 5. The second kappa shape index (κ2) is 9.39. The zero-order valence-electron chi connectivity index (χ0n) is 16.6. The monoisotopic (exact) mass is 406 g/mol. The number of fused-ring (bicyclic) bond motifs is 3. The highest BCUT2D eigenvalue weighted by Gasteiger charge is 2.28. The maximum Gasteiger partial charge on any atom is 0.263 e. The highest BCUT2D eigenvalue weighted by molar-refractivity contribution is 7.99. The lowest BCUT2D eigenvalue weighted by Gasteiger charge is -2.26. The molecule has 1 aliphatic heterocycles. The molecule has 1 atom stereocenters. The molecule has 6 heteroatoms. The fraction of sp³-hybridized carbons (Fsp3) is 0.619. The summed E-state index contributed by atoms with van der Waals surface area (Å²) in [6, 6.07) is 0. The number of aromatic nitrogens is 2. The Kier molecular flexibility index (Phi) is 7.17. The van der Waals surface area contributed by atoms with E-state index in [1.54, 1.807) is 33.7 Å². The van der Waals surface area contributed by atoms with Crippen LogP contribution in [0.25, 0.3) is 10.2 Å². The van der Waals surface area contributed by atoms with Gasteiger partial charge in [-0.05, 0) is 17.9 Å². The quantitative estimate of drug-likeness (QED) is 0.242. The van der Waals surface area contributed by atoms with Crippen molar-refractivity contribution in [2.75, 3.05) is 5.75 Å². The molecule has 0 aromatic carbocycles. The van der Waals surface area contributed by atoms with E-state index in [9.17, 15) is 4.79 Å². The van der Waals surface area contributed by atoms with Gasteiger partial charge in [0.05, 0.1) is 18.1 Å². The van der Waals surface area contributed by atoms with Crippen LogP contribution < -0.4 is 5.56 Å². The fourth-order valence-electron chi connectivity index (χ4n) is 3.46. The van der Waals surface area contributed by atoms with Gasteiger partial charge in [0.15, 0.2) is 5.16 Å². The summed E-state index contributed by atoms with van der Waals surface area (Å²) >= 11 is 3.32. The SMILES string of the molecule is C=CCn1c(SCCCCCC)nc2sc3c(c2c1=O)C[C@H](C(C)C)OC3. The Labute approximate surface area is 170 Å². The molecule has 148 valence electrons. The predicted octanol–water partition coefficient (Wildman–Crippen LogP) is 5.41. The zero-order chi connectivity index (χ0) is 19.4. The second-order valence-electron chi connectivity index (χ2n) is 7.49. The molecule has 0 fully saturated rings. The van der Waals surface area contributed by atoms with Crippen molar-refractivity contribution in [1.82, 2.24) is 9.55 Å². The first kappa shape index (κ1) is 20.6. The van der Waals surface area contributed by atoms with Crippen molar-refractivity contribution in [3.63, 3.8) is 0 Å². The first-order valence-electron chi connectivity index (χ1n) is 9.97. The molecular formula is C21H30N2O2S2. The van der Waals surface area contributed by atoms with E-state index in [2.05, 4.69) is 27.4 Å². The molecule has 2 aromatic heterocycles. The van der Waals surface area contributed by atoms with Crippen LogP contribution >= 0.6 is 23.1 Å². The lowest BCUT2D eigenvalue weighted by atomic mass is 9.96. The largest absolute Gasteiger partial charge is 0.372 e. The second-order valence-corrected chi connectivity index (χ2v) is 9.64. The van der Waals surface area contributed by atoms with Crippen LogP contribution in [-0.4, -0.2) is 21.4 Å². The van der Waals surface area contributed by atoms with Gasteiger partial charge in [0.2, 0.25) is 0 Å². The molecular weight excluding hydrogens is 376 g/mol. The Morgan fingerprint density at radius 1 is 1.41 bits per heavy atom. The Morgan fingerprint density at radius 3 is 2.93 bits per heavy atom. The number of hydrogen-bond donors (Lipinski definition) is 0. The Hall–Kier alpha value is -1.11. The number of rotatable bonds is 9. The van der Waals surface area contributed by atoms with Gasteiger partial charge in [0.1, 0.15) is 4.83 Å². The normalized spacial score (nSPS) is 16.8. The van der Waals surface area contributed by atoms with Gasteiger partial charge in [-0.25, -0.2) is 4.98 Å². The Balaban J connectivity index is 1.95. The summed E-state index contributed by atoms with van der Waals surface area (Å²) in [6.07, 6.45) is 7.66. The van der Waals surface area contributed by atoms with Crippen LogP contribution in [-0.2, 0) is 24.3 Å². The number of thioether (sulfide) groups is 1. The molecule has 0 radical (unpaired) electrons. The number of allylic oxidation sites excluding steroid dienone is 1. The third-order valence-corrected chi connectivity index (χ3v) is 7.24. The van der Waals surface area contributed by atoms with Crippen molar-refractivity contribution < 1.29 is 4.74 Å². The molecule has 0 saturated heterocycles. The zero-order valence-corrected chi connectivity index (χ0v) is 18.3. The van der Waals surface area contributed by atoms with Gasteiger partial charge < -0.3 is 4.74 Å². The van der Waals surface area contributed by atoms with E-state index in [0.717, 1.165) is 39.5 Å². The van der Waals surface area contributed by atoms with Crippen LogP contribution in [0.15, 0.2) is 22.6 Å². The van der Waals surface area contributed by atoms with Crippen molar-refractivity contribution in [1.29, 1.82) is 0 Å². The van der Waals surface area contributed by atoms with Crippen molar-refractivity contribution in [3.8, 4) is 0 Å². The van der Waals surface area contributed by atoms with Crippen molar-refractivity contribution >= 4 is 33.3 Å². The minimum atomic E-state index is 0.0814. The summed E-state index contributed by atoms with van der Waals surface area (Å²) < 4.78 is 7.80. The summed E-state index contributed by atoms with van der Waals surface area (Å²) in [5.41, 5.74) is 1.24. The molecule has 27 heavy (non-hydrogen) atoms. The summed E-state index contributed by atoms with van der Waals surface area (Å²) in [6.45, 7) is 11.5. The van der Waals surface area contributed by atoms with Gasteiger partial charge in [0, 0.05) is 23.6 Å². The maximum absolute atomic E-state index is 13.3. The minimum absolute atomic E-state index is 0.0814. The van der Waals surface area contributed by atoms with Crippen LogP contribution in [0.4, 0.5) is 0 Å². The topological polar surface area (TPSA) is 44.1 Å². The van der Waals surface area contributed by atoms with Crippen LogP contribution in [0.3, 0.4) is 0 Å². The van der Waals surface area contributed by atoms with Crippen LogP contribution in [0, 0.1) is 5.92 Å². The van der Waals surface area contributed by atoms with Gasteiger partial charge in [-0.2, -0.15) is 0 Å². The molecule has 4 nitrogen and oxygen atoms in total. The van der Waals surface area contributed by atoms with E-state index in [0.29, 0.717) is 19.1 Å². The third kappa shape index (κ3) is 4.49. The molecule has 0 amide bonds. The first-order chi connectivity index (χ1) is 13.1. The molecule has 0 N–H and O–H groups in total. The summed E-state index contributed by atoms with van der Waals surface area (Å²) in [5.74, 6) is 1.44. The smallest absolute Gasteiger partial charge is 0.263 e. The van der Waals surface area contributed by atoms with Crippen LogP contribution in [0.2, 0.25) is 0 Å². The molecule has 0 saturated carbocycles. The van der Waals surface area contributed by atoms with Crippen molar-refractivity contribution in [2.45, 2.75) is 77.3 Å². The van der Waals surface area contributed by atoms with E-state index in [4.69, 9.17) is 9.72 Å². The number of nitrogens with zero attached hydrogens (tertiary/aromatic N) is 2. The standard InChI is InChI=1S/C21H30N2O2S2/c1-5-7-8-9-11-26-21-22-19-18(20(24)23(21)10-6-2)15-12-16(14(3)4)25-13-17(15)27-19/h6,14,16H,2,5,7-13H2,1,3-4H3/t16-/m1/s1. The van der Waals surface area contributed by atoms with Crippen LogP contribution in [0.1, 0.15) is 56.9 Å². The highest BCUT2D eigenvalue weighted by Crippen LogP contribution is 2.35. The average Bonchev–Trinajstić information content (AvgIpc) is 3.02. The van der Waals surface area contributed by atoms with E-state index in [-0.39, 0.29) is 11.7 Å². The molecule has 3 heterocycles. The minimum Gasteiger partial charge on any atom is -0.372 e. The third-order valence-electron chi connectivity index (χ3n) is 5.08. The molecule has 0 aliphatic carbocycles. The molecule has 1 aliphatic rings. The molecule has 2 aromatic rings. The Morgan fingerprint density at radius 2 is 2.22 bits per heavy atom. The molecule has 0 unspecified atom stereocenters. The van der Waals surface area contributed by atoms with Gasteiger partial charge in [-0.15, -0.1) is 17.9 Å². The summed E-state index contributed by atoms with van der Waals surface area (Å²) in [7, 11) is 0. The molecule has 0 bridgehead atoms. The van der Waals surface area contributed by atoms with E-state index in [1.807, 2.05) is 0 Å². The summed E-state index contributed by atoms with van der Waals surface area (Å²) in [4.78, 5) is 20.2. The number of ether oxygens (including phenoxy) is 1. The molecule has 3 rings (SSSR count). The average molecular weight is 407 g/mol. The van der Waals surface area contributed by atoms with Crippen molar-refractivity contribution in [3.05, 3.63) is 33.4 Å². The predicted molar refractivity (Wildman–Crippen MR) is 116 cm³/mol. The van der Waals surface area contributed by atoms with Gasteiger partial charge >= 0.3 is 0 Å². The van der Waals surface area contributed by atoms with Gasteiger partial charge in [-0.1, -0.05) is 57.9 Å². The maximum atomic E-state index is 13.3. The fourth-order valence-corrected chi connectivity index (χ4v) is 5.63.